The fourth-order valence-corrected chi connectivity index (χ4v) is 2.76. The number of hydrazone groups is 1. The molecule has 0 saturated carbocycles. The minimum Gasteiger partial charge on any atom is -0.490 e. The summed E-state index contributed by atoms with van der Waals surface area (Å²) in [6.07, 6.45) is 2.46. The molecule has 0 bridgehead atoms. The van der Waals surface area contributed by atoms with Gasteiger partial charge in [0.1, 0.15) is 0 Å². The maximum absolute atomic E-state index is 10.7. The molecule has 0 aromatic heterocycles. The van der Waals surface area contributed by atoms with Crippen molar-refractivity contribution in [2.75, 3.05) is 18.6 Å². The Bertz CT molecular complexity index is 989. The van der Waals surface area contributed by atoms with Crippen LogP contribution in [0.5, 0.6) is 11.5 Å². The molecule has 154 valence electrons. The maximum atomic E-state index is 10.7. The molecule has 30 heavy (non-hydrogen) atoms. The van der Waals surface area contributed by atoms with Crippen LogP contribution in [-0.4, -0.2) is 24.4 Å². The van der Waals surface area contributed by atoms with E-state index in [1.165, 1.54) is 17.7 Å². The van der Waals surface area contributed by atoms with Crippen LogP contribution in [0.25, 0.3) is 0 Å². The Hall–Kier alpha value is -3.87. The first-order chi connectivity index (χ1) is 14.7. The Morgan fingerprint density at radius 2 is 1.77 bits per heavy atom. The van der Waals surface area contributed by atoms with Crippen LogP contribution in [0.1, 0.15) is 18.1 Å². The Morgan fingerprint density at radius 3 is 2.47 bits per heavy atom. The predicted octanol–water partition coefficient (Wildman–Crippen LogP) is 5.06. The highest BCUT2D eigenvalue weighted by Crippen LogP contribution is 2.28. The Labute approximate surface area is 175 Å². The second-order valence-corrected chi connectivity index (χ2v) is 6.40. The molecule has 3 rings (SSSR count). The maximum Gasteiger partial charge on any atom is 0.269 e. The molecule has 3 aromatic carbocycles. The van der Waals surface area contributed by atoms with Crippen LogP contribution in [0, 0.1) is 10.1 Å². The summed E-state index contributed by atoms with van der Waals surface area (Å²) in [5.41, 5.74) is 5.60. The minimum atomic E-state index is -0.439. The number of hydrogen-bond donors (Lipinski definition) is 1. The lowest BCUT2D eigenvalue weighted by molar-refractivity contribution is -0.384. The van der Waals surface area contributed by atoms with Crippen LogP contribution in [0.2, 0.25) is 0 Å². The van der Waals surface area contributed by atoms with Crippen molar-refractivity contribution < 1.29 is 14.4 Å². The first kappa shape index (κ1) is 20.9. The molecule has 0 spiro atoms. The average Bonchev–Trinajstić information content (AvgIpc) is 2.76. The second kappa shape index (κ2) is 10.6. The molecule has 3 aromatic rings. The van der Waals surface area contributed by atoms with Crippen LogP contribution in [0.4, 0.5) is 11.4 Å². The highest BCUT2D eigenvalue weighted by Gasteiger charge is 2.07. The summed E-state index contributed by atoms with van der Waals surface area (Å²) in [6.45, 7) is 3.00. The van der Waals surface area contributed by atoms with Crippen molar-refractivity contribution in [1.29, 1.82) is 0 Å². The van der Waals surface area contributed by atoms with Crippen molar-refractivity contribution >= 4 is 17.6 Å². The molecule has 0 aliphatic carbocycles. The van der Waals surface area contributed by atoms with Crippen molar-refractivity contribution in [2.45, 2.75) is 13.3 Å². The van der Waals surface area contributed by atoms with Gasteiger partial charge in [0, 0.05) is 18.6 Å². The van der Waals surface area contributed by atoms with Crippen molar-refractivity contribution in [2.24, 2.45) is 5.10 Å². The van der Waals surface area contributed by atoms with Crippen molar-refractivity contribution in [3.8, 4) is 11.5 Å². The highest BCUT2D eigenvalue weighted by atomic mass is 16.6. The van der Waals surface area contributed by atoms with E-state index >= 15 is 0 Å². The van der Waals surface area contributed by atoms with Gasteiger partial charge in [-0.25, -0.2) is 0 Å². The molecule has 0 atom stereocenters. The summed E-state index contributed by atoms with van der Waals surface area (Å²) in [5, 5.41) is 14.9. The molecule has 0 fully saturated rings. The number of nitro benzene ring substituents is 1. The standard InChI is InChI=1S/C23H23N3O4/c1-2-29-23-16-19(17-24-25-20-9-11-21(12-10-20)26(27)28)8-13-22(23)30-15-14-18-6-4-3-5-7-18/h3-13,16-17,25H,2,14-15H2,1H3. The first-order valence-corrected chi connectivity index (χ1v) is 9.63. The average molecular weight is 405 g/mol. The molecule has 0 unspecified atom stereocenters. The van der Waals surface area contributed by atoms with E-state index in [9.17, 15) is 10.1 Å². The number of hydrogen-bond acceptors (Lipinski definition) is 6. The fraction of sp³-hybridized carbons (Fsp3) is 0.174. The van der Waals surface area contributed by atoms with Crippen LogP contribution in [0.3, 0.4) is 0 Å². The summed E-state index contributed by atoms with van der Waals surface area (Å²) >= 11 is 0. The number of nitrogens with one attached hydrogen (secondary N) is 1. The van der Waals surface area contributed by atoms with E-state index in [2.05, 4.69) is 22.7 Å². The highest BCUT2D eigenvalue weighted by molar-refractivity contribution is 5.81. The molecule has 0 aliphatic heterocycles. The molecule has 7 nitrogen and oxygen atoms in total. The summed E-state index contributed by atoms with van der Waals surface area (Å²) in [5.74, 6) is 1.35. The van der Waals surface area contributed by atoms with Gasteiger partial charge >= 0.3 is 0 Å². The molecule has 0 heterocycles. The number of benzene rings is 3. The SMILES string of the molecule is CCOc1cc(C=NNc2ccc([N+](=O)[O-])cc2)ccc1OCCc1ccccc1. The summed E-state index contributed by atoms with van der Waals surface area (Å²) < 4.78 is 11.6. The molecule has 0 amide bonds. The van der Waals surface area contributed by atoms with Crippen LogP contribution >= 0.6 is 0 Å². The third-order valence-corrected chi connectivity index (χ3v) is 4.24. The van der Waals surface area contributed by atoms with Gasteiger partial charge in [-0.1, -0.05) is 30.3 Å². The van der Waals surface area contributed by atoms with Gasteiger partial charge in [0.15, 0.2) is 11.5 Å². The molecule has 0 radical (unpaired) electrons. The molecule has 1 N–H and O–H groups in total. The number of ether oxygens (including phenoxy) is 2. The van der Waals surface area contributed by atoms with Gasteiger partial charge in [-0.05, 0) is 48.4 Å². The predicted molar refractivity (Wildman–Crippen MR) is 118 cm³/mol. The van der Waals surface area contributed by atoms with Gasteiger partial charge < -0.3 is 9.47 Å². The van der Waals surface area contributed by atoms with E-state index in [0.717, 1.165) is 12.0 Å². The van der Waals surface area contributed by atoms with Crippen LogP contribution < -0.4 is 14.9 Å². The van der Waals surface area contributed by atoms with E-state index in [4.69, 9.17) is 9.47 Å². The van der Waals surface area contributed by atoms with E-state index in [-0.39, 0.29) is 5.69 Å². The molecule has 0 aliphatic rings. The second-order valence-electron chi connectivity index (χ2n) is 6.40. The Balaban J connectivity index is 1.60. The van der Waals surface area contributed by atoms with Crippen molar-refractivity contribution in [3.05, 3.63) is 94.0 Å². The minimum absolute atomic E-state index is 0.0359. The van der Waals surface area contributed by atoms with Gasteiger partial charge in [-0.2, -0.15) is 5.10 Å². The van der Waals surface area contributed by atoms with Gasteiger partial charge in [-0.3, -0.25) is 15.5 Å². The van der Waals surface area contributed by atoms with Gasteiger partial charge in [0.25, 0.3) is 5.69 Å². The first-order valence-electron chi connectivity index (χ1n) is 9.63. The molecule has 0 saturated heterocycles. The third-order valence-electron chi connectivity index (χ3n) is 4.24. The number of rotatable bonds is 10. The van der Waals surface area contributed by atoms with Crippen LogP contribution in [0.15, 0.2) is 77.9 Å². The number of anilines is 1. The van der Waals surface area contributed by atoms with E-state index in [0.29, 0.717) is 30.4 Å². The lowest BCUT2D eigenvalue weighted by Gasteiger charge is -2.12. The number of nitrogens with zero attached hydrogens (tertiary/aromatic N) is 2. The molecular formula is C23H23N3O4. The van der Waals surface area contributed by atoms with Gasteiger partial charge in [-0.15, -0.1) is 0 Å². The van der Waals surface area contributed by atoms with E-state index < -0.39 is 4.92 Å². The number of non-ortho nitro benzene ring substituents is 1. The Kier molecular flexibility index (Phi) is 7.38. The van der Waals surface area contributed by atoms with Crippen LogP contribution in [-0.2, 0) is 6.42 Å². The quantitative estimate of drug-likeness (QED) is 0.289. The van der Waals surface area contributed by atoms with Crippen molar-refractivity contribution in [3.63, 3.8) is 0 Å². The fourth-order valence-electron chi connectivity index (χ4n) is 2.76. The summed E-state index contributed by atoms with van der Waals surface area (Å²) in [7, 11) is 0. The molecular weight excluding hydrogens is 382 g/mol. The van der Waals surface area contributed by atoms with E-state index in [1.807, 2.05) is 43.3 Å². The normalized spacial score (nSPS) is 10.7. The topological polar surface area (TPSA) is 86.0 Å². The largest absolute Gasteiger partial charge is 0.490 e. The molecule has 7 heteroatoms. The monoisotopic (exact) mass is 405 g/mol. The lowest BCUT2D eigenvalue weighted by atomic mass is 10.2. The summed E-state index contributed by atoms with van der Waals surface area (Å²) in [6, 6.07) is 21.8. The lowest BCUT2D eigenvalue weighted by Crippen LogP contribution is -2.04. The van der Waals surface area contributed by atoms with E-state index in [1.54, 1.807) is 18.3 Å². The summed E-state index contributed by atoms with van der Waals surface area (Å²) in [4.78, 5) is 10.3. The van der Waals surface area contributed by atoms with Gasteiger partial charge in [0.05, 0.1) is 30.0 Å². The number of nitro groups is 1. The smallest absolute Gasteiger partial charge is 0.269 e. The zero-order valence-electron chi connectivity index (χ0n) is 16.7. The zero-order valence-corrected chi connectivity index (χ0v) is 16.7. The Morgan fingerprint density at radius 1 is 1.00 bits per heavy atom. The van der Waals surface area contributed by atoms with Crippen molar-refractivity contribution in [1.82, 2.24) is 0 Å². The zero-order chi connectivity index (χ0) is 21.2. The third kappa shape index (κ3) is 6.07. The van der Waals surface area contributed by atoms with Gasteiger partial charge in [0.2, 0.25) is 0 Å².